The molecule has 2 aromatic heterocycles. The Morgan fingerprint density at radius 2 is 2.09 bits per heavy atom. The molecular formula is C17H22N4O. The van der Waals surface area contributed by atoms with E-state index < -0.39 is 0 Å². The SMILES string of the molecule is CNc1nc(C(C)=O)cc(-c2ccn(C)c2)c1C(=N)C(C)C. The van der Waals surface area contributed by atoms with Crippen LogP contribution in [0.1, 0.15) is 36.8 Å². The van der Waals surface area contributed by atoms with E-state index in [9.17, 15) is 4.79 Å². The molecule has 2 aromatic rings. The molecule has 2 rings (SSSR count). The molecule has 0 bridgehead atoms. The van der Waals surface area contributed by atoms with Crippen molar-refractivity contribution in [3.8, 4) is 11.1 Å². The average molecular weight is 298 g/mol. The summed E-state index contributed by atoms with van der Waals surface area (Å²) in [4.78, 5) is 16.1. The van der Waals surface area contributed by atoms with Gasteiger partial charge >= 0.3 is 0 Å². The molecule has 0 aliphatic carbocycles. The Labute approximate surface area is 130 Å². The fourth-order valence-corrected chi connectivity index (χ4v) is 2.36. The number of carbonyl (C=O) groups excluding carboxylic acids is 1. The van der Waals surface area contributed by atoms with Crippen molar-refractivity contribution in [2.24, 2.45) is 13.0 Å². The summed E-state index contributed by atoms with van der Waals surface area (Å²) < 4.78 is 1.95. The molecule has 0 aromatic carbocycles. The van der Waals surface area contributed by atoms with E-state index in [-0.39, 0.29) is 11.7 Å². The van der Waals surface area contributed by atoms with Crippen LogP contribution in [0.5, 0.6) is 0 Å². The molecule has 0 fully saturated rings. The lowest BCUT2D eigenvalue weighted by molar-refractivity contribution is 0.101. The van der Waals surface area contributed by atoms with E-state index in [1.54, 1.807) is 13.1 Å². The van der Waals surface area contributed by atoms with Crippen molar-refractivity contribution < 1.29 is 4.79 Å². The van der Waals surface area contributed by atoms with Crippen molar-refractivity contribution >= 4 is 17.3 Å². The van der Waals surface area contributed by atoms with E-state index >= 15 is 0 Å². The van der Waals surface area contributed by atoms with Crippen molar-refractivity contribution in [3.05, 3.63) is 35.8 Å². The van der Waals surface area contributed by atoms with Crippen molar-refractivity contribution in [3.63, 3.8) is 0 Å². The van der Waals surface area contributed by atoms with Gasteiger partial charge in [-0.25, -0.2) is 4.98 Å². The van der Waals surface area contributed by atoms with E-state index in [1.165, 1.54) is 6.92 Å². The molecule has 0 aliphatic rings. The van der Waals surface area contributed by atoms with Crippen LogP contribution in [0.2, 0.25) is 0 Å². The van der Waals surface area contributed by atoms with Crippen LogP contribution >= 0.6 is 0 Å². The number of Topliss-reactive ketones (excluding diaryl/α,β-unsaturated/α-hetero) is 1. The van der Waals surface area contributed by atoms with Crippen LogP contribution in [0.3, 0.4) is 0 Å². The summed E-state index contributed by atoms with van der Waals surface area (Å²) in [5, 5.41) is 11.5. The molecular weight excluding hydrogens is 276 g/mol. The van der Waals surface area contributed by atoms with E-state index in [1.807, 2.05) is 43.9 Å². The number of anilines is 1. The van der Waals surface area contributed by atoms with Crippen LogP contribution in [-0.2, 0) is 7.05 Å². The van der Waals surface area contributed by atoms with Crippen LogP contribution < -0.4 is 5.32 Å². The third-order valence-electron chi connectivity index (χ3n) is 3.61. The quantitative estimate of drug-likeness (QED) is 0.657. The fourth-order valence-electron chi connectivity index (χ4n) is 2.36. The summed E-state index contributed by atoms with van der Waals surface area (Å²) in [6.45, 7) is 5.47. The van der Waals surface area contributed by atoms with Crippen LogP contribution in [0.4, 0.5) is 5.82 Å². The van der Waals surface area contributed by atoms with Gasteiger partial charge in [0, 0.05) is 50.3 Å². The summed E-state index contributed by atoms with van der Waals surface area (Å²) in [5.74, 6) is 0.557. The summed E-state index contributed by atoms with van der Waals surface area (Å²) in [7, 11) is 3.71. The molecule has 0 saturated heterocycles. The number of ketones is 1. The molecule has 22 heavy (non-hydrogen) atoms. The molecule has 5 heteroatoms. The van der Waals surface area contributed by atoms with Crippen molar-refractivity contribution in [2.45, 2.75) is 20.8 Å². The molecule has 0 atom stereocenters. The molecule has 0 spiro atoms. The summed E-state index contributed by atoms with van der Waals surface area (Å²) in [5.41, 5.74) is 3.51. The standard InChI is InChI=1S/C17H22N4O/c1-10(2)16(18)15-13(12-6-7-21(5)9-12)8-14(11(3)22)20-17(15)19-4/h6-10,18H,1-5H3,(H,19,20). The molecule has 116 valence electrons. The Morgan fingerprint density at radius 3 is 2.55 bits per heavy atom. The van der Waals surface area contributed by atoms with Gasteiger partial charge in [0.15, 0.2) is 5.78 Å². The Bertz CT molecular complexity index is 728. The maximum Gasteiger partial charge on any atom is 0.178 e. The monoisotopic (exact) mass is 298 g/mol. The Kier molecular flexibility index (Phi) is 4.45. The molecule has 2 heterocycles. The summed E-state index contributed by atoms with van der Waals surface area (Å²) >= 11 is 0. The Balaban J connectivity index is 2.78. The highest BCUT2D eigenvalue weighted by atomic mass is 16.1. The van der Waals surface area contributed by atoms with Gasteiger partial charge in [0.2, 0.25) is 0 Å². The highest BCUT2D eigenvalue weighted by molar-refractivity contribution is 6.10. The number of rotatable bonds is 5. The van der Waals surface area contributed by atoms with Crippen LogP contribution in [-0.4, -0.2) is 28.1 Å². The highest BCUT2D eigenvalue weighted by Crippen LogP contribution is 2.31. The molecule has 0 radical (unpaired) electrons. The van der Waals surface area contributed by atoms with Gasteiger partial charge in [-0.05, 0) is 23.6 Å². The second-order valence-electron chi connectivity index (χ2n) is 5.72. The summed E-state index contributed by atoms with van der Waals surface area (Å²) in [6.07, 6.45) is 3.93. The van der Waals surface area contributed by atoms with Crippen molar-refractivity contribution in [1.82, 2.24) is 9.55 Å². The number of carbonyl (C=O) groups is 1. The normalized spacial score (nSPS) is 10.8. The van der Waals surface area contributed by atoms with Crippen LogP contribution in [0, 0.1) is 11.3 Å². The number of hydrogen-bond acceptors (Lipinski definition) is 4. The number of hydrogen-bond donors (Lipinski definition) is 2. The first-order valence-electron chi connectivity index (χ1n) is 7.30. The topological polar surface area (TPSA) is 70.8 Å². The smallest absolute Gasteiger partial charge is 0.178 e. The maximum absolute atomic E-state index is 11.8. The predicted molar refractivity (Wildman–Crippen MR) is 89.9 cm³/mol. The lowest BCUT2D eigenvalue weighted by Gasteiger charge is -2.17. The number of pyridine rings is 1. The molecule has 0 saturated carbocycles. The number of aromatic nitrogens is 2. The molecule has 0 aliphatic heterocycles. The average Bonchev–Trinajstić information content (AvgIpc) is 2.91. The second-order valence-corrected chi connectivity index (χ2v) is 5.72. The minimum atomic E-state index is -0.0868. The van der Waals surface area contributed by atoms with Gasteiger partial charge in [0.25, 0.3) is 0 Å². The van der Waals surface area contributed by atoms with E-state index in [0.717, 1.165) is 16.7 Å². The first-order valence-corrected chi connectivity index (χ1v) is 7.30. The van der Waals surface area contributed by atoms with Gasteiger partial charge in [-0.3, -0.25) is 4.79 Å². The van der Waals surface area contributed by atoms with Gasteiger partial charge < -0.3 is 15.3 Å². The first-order chi connectivity index (χ1) is 10.3. The zero-order valence-electron chi connectivity index (χ0n) is 13.7. The van der Waals surface area contributed by atoms with E-state index in [4.69, 9.17) is 5.41 Å². The zero-order chi connectivity index (χ0) is 16.4. The van der Waals surface area contributed by atoms with Crippen molar-refractivity contribution in [2.75, 3.05) is 12.4 Å². The van der Waals surface area contributed by atoms with Gasteiger partial charge in [-0.2, -0.15) is 0 Å². The number of aryl methyl sites for hydroxylation is 1. The van der Waals surface area contributed by atoms with Gasteiger partial charge in [-0.15, -0.1) is 0 Å². The van der Waals surface area contributed by atoms with Gasteiger partial charge in [0.05, 0.1) is 0 Å². The fraction of sp³-hybridized carbons (Fsp3) is 0.353. The largest absolute Gasteiger partial charge is 0.373 e. The lowest BCUT2D eigenvalue weighted by atomic mass is 9.92. The Morgan fingerprint density at radius 1 is 1.41 bits per heavy atom. The number of nitrogens with zero attached hydrogens (tertiary/aromatic N) is 2. The second kappa shape index (κ2) is 6.13. The summed E-state index contributed by atoms with van der Waals surface area (Å²) in [6, 6.07) is 3.76. The zero-order valence-corrected chi connectivity index (χ0v) is 13.7. The third kappa shape index (κ3) is 2.93. The van der Waals surface area contributed by atoms with Crippen LogP contribution in [0.15, 0.2) is 24.5 Å². The van der Waals surface area contributed by atoms with E-state index in [2.05, 4.69) is 10.3 Å². The third-order valence-corrected chi connectivity index (χ3v) is 3.61. The highest BCUT2D eigenvalue weighted by Gasteiger charge is 2.21. The molecule has 0 amide bonds. The maximum atomic E-state index is 11.8. The first kappa shape index (κ1) is 15.9. The number of nitrogens with one attached hydrogen (secondary N) is 2. The van der Waals surface area contributed by atoms with E-state index in [0.29, 0.717) is 17.2 Å². The molecule has 2 N–H and O–H groups in total. The van der Waals surface area contributed by atoms with Gasteiger partial charge in [0.1, 0.15) is 11.5 Å². The van der Waals surface area contributed by atoms with Crippen LogP contribution in [0.25, 0.3) is 11.1 Å². The van der Waals surface area contributed by atoms with Crippen molar-refractivity contribution in [1.29, 1.82) is 5.41 Å². The Hall–Kier alpha value is -2.43. The molecule has 0 unspecified atom stereocenters. The lowest BCUT2D eigenvalue weighted by Crippen LogP contribution is -2.15. The van der Waals surface area contributed by atoms with Gasteiger partial charge in [-0.1, -0.05) is 13.8 Å². The minimum absolute atomic E-state index is 0.0690. The predicted octanol–water partition coefficient (Wildman–Crippen LogP) is 3.36. The minimum Gasteiger partial charge on any atom is -0.373 e. The molecule has 5 nitrogen and oxygen atoms in total.